The number of hydrogen-bond acceptors (Lipinski definition) is 4. The van der Waals surface area contributed by atoms with E-state index >= 15 is 0 Å². The monoisotopic (exact) mass is 412 g/mol. The lowest BCUT2D eigenvalue weighted by molar-refractivity contribution is 0.0930. The van der Waals surface area contributed by atoms with Crippen molar-refractivity contribution in [1.29, 1.82) is 0 Å². The van der Waals surface area contributed by atoms with Gasteiger partial charge >= 0.3 is 0 Å². The number of methoxy groups -OCH3 is 1. The van der Waals surface area contributed by atoms with Gasteiger partial charge in [0.1, 0.15) is 5.82 Å². The van der Waals surface area contributed by atoms with Crippen LogP contribution >= 0.6 is 0 Å². The molecule has 0 saturated carbocycles. The molecule has 0 atom stereocenters. The molecule has 1 aliphatic rings. The van der Waals surface area contributed by atoms with E-state index in [9.17, 15) is 13.6 Å². The SMILES string of the molecule is COc1ccc(C(=O)NC2CCN(c3cc(-c4ccc(F)cc4)[nH]n3)CC2)cc1F. The number of amides is 1. The smallest absolute Gasteiger partial charge is 0.251 e. The summed E-state index contributed by atoms with van der Waals surface area (Å²) in [5.41, 5.74) is 1.96. The molecule has 3 aromatic rings. The summed E-state index contributed by atoms with van der Waals surface area (Å²) in [6, 6.07) is 12.4. The molecule has 8 heteroatoms. The van der Waals surface area contributed by atoms with Gasteiger partial charge in [0, 0.05) is 30.8 Å². The van der Waals surface area contributed by atoms with Gasteiger partial charge in [-0.25, -0.2) is 8.78 Å². The number of nitrogens with zero attached hydrogens (tertiary/aromatic N) is 2. The van der Waals surface area contributed by atoms with Crippen LogP contribution in [0.2, 0.25) is 0 Å². The summed E-state index contributed by atoms with van der Waals surface area (Å²) in [5.74, 6) is -0.209. The van der Waals surface area contributed by atoms with E-state index in [1.165, 1.54) is 31.4 Å². The standard InChI is InChI=1S/C22H22F2N4O2/c1-30-20-7-4-15(12-18(20)24)22(29)25-17-8-10-28(11-9-17)21-13-19(26-27-21)14-2-5-16(23)6-3-14/h2-7,12-13,17H,8-11H2,1H3,(H,25,29)(H,26,27). The van der Waals surface area contributed by atoms with Crippen molar-refractivity contribution < 1.29 is 18.3 Å². The fraction of sp³-hybridized carbons (Fsp3) is 0.273. The average molecular weight is 412 g/mol. The molecule has 2 heterocycles. The van der Waals surface area contributed by atoms with Crippen LogP contribution in [0.4, 0.5) is 14.6 Å². The molecule has 156 valence electrons. The number of carbonyl (C=O) groups excluding carboxylic acids is 1. The number of aromatic nitrogens is 2. The number of benzene rings is 2. The first kappa shape index (κ1) is 19.9. The van der Waals surface area contributed by atoms with Gasteiger partial charge in [0.25, 0.3) is 5.91 Å². The first-order chi connectivity index (χ1) is 14.5. The number of rotatable bonds is 5. The van der Waals surface area contributed by atoms with Crippen LogP contribution in [-0.2, 0) is 0 Å². The van der Waals surface area contributed by atoms with E-state index in [0.717, 1.165) is 43.0 Å². The highest BCUT2D eigenvalue weighted by Crippen LogP contribution is 2.25. The number of nitrogens with one attached hydrogen (secondary N) is 2. The summed E-state index contributed by atoms with van der Waals surface area (Å²) in [7, 11) is 1.38. The number of piperidine rings is 1. The van der Waals surface area contributed by atoms with Crippen molar-refractivity contribution in [3.63, 3.8) is 0 Å². The minimum Gasteiger partial charge on any atom is -0.494 e. The fourth-order valence-corrected chi connectivity index (χ4v) is 3.58. The second-order valence-electron chi connectivity index (χ2n) is 7.23. The first-order valence-electron chi connectivity index (χ1n) is 9.74. The Morgan fingerprint density at radius 3 is 2.53 bits per heavy atom. The van der Waals surface area contributed by atoms with E-state index in [4.69, 9.17) is 4.74 Å². The Balaban J connectivity index is 1.33. The summed E-state index contributed by atoms with van der Waals surface area (Å²) >= 11 is 0. The lowest BCUT2D eigenvalue weighted by atomic mass is 10.0. The third kappa shape index (κ3) is 4.27. The molecule has 0 unspecified atom stereocenters. The highest BCUT2D eigenvalue weighted by Gasteiger charge is 2.23. The Bertz CT molecular complexity index is 1030. The molecule has 2 N–H and O–H groups in total. The van der Waals surface area contributed by atoms with Crippen LogP contribution in [0, 0.1) is 11.6 Å². The fourth-order valence-electron chi connectivity index (χ4n) is 3.58. The van der Waals surface area contributed by atoms with Gasteiger partial charge in [0.2, 0.25) is 0 Å². The van der Waals surface area contributed by atoms with Crippen molar-refractivity contribution >= 4 is 11.7 Å². The third-order valence-corrected chi connectivity index (χ3v) is 5.29. The maximum absolute atomic E-state index is 13.8. The maximum Gasteiger partial charge on any atom is 0.251 e. The Morgan fingerprint density at radius 1 is 1.13 bits per heavy atom. The molecule has 1 aliphatic heterocycles. The van der Waals surface area contributed by atoms with Crippen LogP contribution in [0.25, 0.3) is 11.3 Å². The molecule has 0 aliphatic carbocycles. The van der Waals surface area contributed by atoms with Crippen molar-refractivity contribution in [3.05, 3.63) is 65.7 Å². The molecule has 1 aromatic heterocycles. The summed E-state index contributed by atoms with van der Waals surface area (Å²) in [4.78, 5) is 14.6. The largest absolute Gasteiger partial charge is 0.494 e. The third-order valence-electron chi connectivity index (χ3n) is 5.29. The van der Waals surface area contributed by atoms with Crippen molar-refractivity contribution in [2.75, 3.05) is 25.1 Å². The zero-order valence-corrected chi connectivity index (χ0v) is 16.5. The van der Waals surface area contributed by atoms with E-state index in [-0.39, 0.29) is 29.1 Å². The molecule has 6 nitrogen and oxygen atoms in total. The normalized spacial score (nSPS) is 14.6. The van der Waals surface area contributed by atoms with E-state index in [1.54, 1.807) is 18.2 Å². The Morgan fingerprint density at radius 2 is 1.87 bits per heavy atom. The van der Waals surface area contributed by atoms with Crippen LogP contribution in [0.15, 0.2) is 48.5 Å². The molecule has 1 saturated heterocycles. The quantitative estimate of drug-likeness (QED) is 0.670. The minimum absolute atomic E-state index is 0.00873. The molecule has 4 rings (SSSR count). The molecule has 0 spiro atoms. The van der Waals surface area contributed by atoms with Gasteiger partial charge in [-0.2, -0.15) is 5.10 Å². The van der Waals surface area contributed by atoms with Gasteiger partial charge in [-0.1, -0.05) is 0 Å². The molecule has 30 heavy (non-hydrogen) atoms. The maximum atomic E-state index is 13.8. The molecule has 2 aromatic carbocycles. The van der Waals surface area contributed by atoms with Gasteiger partial charge in [-0.05, 0) is 60.9 Å². The van der Waals surface area contributed by atoms with Crippen molar-refractivity contribution in [2.45, 2.75) is 18.9 Å². The van der Waals surface area contributed by atoms with Crippen LogP contribution in [0.1, 0.15) is 23.2 Å². The molecule has 0 radical (unpaired) electrons. The van der Waals surface area contributed by atoms with Crippen LogP contribution in [0.5, 0.6) is 5.75 Å². The molecule has 0 bridgehead atoms. The lowest BCUT2D eigenvalue weighted by Gasteiger charge is -2.32. The van der Waals surface area contributed by atoms with Gasteiger partial charge in [-0.15, -0.1) is 0 Å². The number of H-pyrrole nitrogens is 1. The first-order valence-corrected chi connectivity index (χ1v) is 9.74. The van der Waals surface area contributed by atoms with E-state index < -0.39 is 5.82 Å². The van der Waals surface area contributed by atoms with E-state index in [2.05, 4.69) is 20.4 Å². The molecule has 1 fully saturated rings. The number of halogens is 2. The van der Waals surface area contributed by atoms with Crippen LogP contribution in [0.3, 0.4) is 0 Å². The van der Waals surface area contributed by atoms with E-state index in [1.807, 2.05) is 6.07 Å². The molecule has 1 amide bonds. The Hall–Kier alpha value is -3.42. The molecular formula is C22H22F2N4O2. The Labute approximate surface area is 172 Å². The number of carbonyl (C=O) groups is 1. The Kier molecular flexibility index (Phi) is 5.65. The number of ether oxygens (including phenoxy) is 1. The lowest BCUT2D eigenvalue weighted by Crippen LogP contribution is -2.44. The predicted molar refractivity (Wildman–Crippen MR) is 110 cm³/mol. The number of anilines is 1. The highest BCUT2D eigenvalue weighted by atomic mass is 19.1. The summed E-state index contributed by atoms with van der Waals surface area (Å²) in [6.45, 7) is 1.46. The van der Waals surface area contributed by atoms with Gasteiger partial charge in [0.15, 0.2) is 17.4 Å². The minimum atomic E-state index is -0.560. The van der Waals surface area contributed by atoms with Crippen LogP contribution in [-0.4, -0.2) is 42.3 Å². The zero-order valence-electron chi connectivity index (χ0n) is 16.5. The summed E-state index contributed by atoms with van der Waals surface area (Å²) < 4.78 is 31.8. The number of hydrogen-bond donors (Lipinski definition) is 2. The predicted octanol–water partition coefficient (Wildman–Crippen LogP) is 3.76. The number of aromatic amines is 1. The summed E-state index contributed by atoms with van der Waals surface area (Å²) in [5, 5.41) is 10.3. The summed E-state index contributed by atoms with van der Waals surface area (Å²) in [6.07, 6.45) is 1.51. The van der Waals surface area contributed by atoms with Gasteiger partial charge < -0.3 is 15.0 Å². The average Bonchev–Trinajstić information content (AvgIpc) is 3.25. The highest BCUT2D eigenvalue weighted by molar-refractivity contribution is 5.94. The van der Waals surface area contributed by atoms with E-state index in [0.29, 0.717) is 0 Å². The van der Waals surface area contributed by atoms with Gasteiger partial charge in [-0.3, -0.25) is 9.89 Å². The van der Waals surface area contributed by atoms with Crippen molar-refractivity contribution in [2.24, 2.45) is 0 Å². The zero-order chi connectivity index (χ0) is 21.1. The topological polar surface area (TPSA) is 70.2 Å². The van der Waals surface area contributed by atoms with Crippen LogP contribution < -0.4 is 15.0 Å². The van der Waals surface area contributed by atoms with Gasteiger partial charge in [0.05, 0.1) is 12.8 Å². The second kappa shape index (κ2) is 8.52. The van der Waals surface area contributed by atoms with Crippen molar-refractivity contribution in [3.8, 4) is 17.0 Å². The second-order valence-corrected chi connectivity index (χ2v) is 7.23. The molecular weight excluding hydrogens is 390 g/mol. The van der Waals surface area contributed by atoms with Crippen molar-refractivity contribution in [1.82, 2.24) is 15.5 Å².